The van der Waals surface area contributed by atoms with Crippen molar-refractivity contribution in [3.05, 3.63) is 23.8 Å². The first-order chi connectivity index (χ1) is 9.97. The summed E-state index contributed by atoms with van der Waals surface area (Å²) in [6.07, 6.45) is 0. The molecule has 0 saturated carbocycles. The molecular weight excluding hydrogens is 270 g/mol. The van der Waals surface area contributed by atoms with Crippen LogP contribution in [0.2, 0.25) is 0 Å². The van der Waals surface area contributed by atoms with E-state index in [9.17, 15) is 14.7 Å². The zero-order valence-electron chi connectivity index (χ0n) is 12.8. The second-order valence-electron chi connectivity index (χ2n) is 4.70. The van der Waals surface area contributed by atoms with Crippen molar-refractivity contribution in [3.8, 4) is 5.75 Å². The average Bonchev–Trinajstić information content (AvgIpc) is 2.45. The van der Waals surface area contributed by atoms with E-state index in [0.29, 0.717) is 17.8 Å². The zero-order chi connectivity index (χ0) is 15.8. The third-order valence-corrected chi connectivity index (χ3v) is 3.18. The number of benzene rings is 1. The molecule has 6 heteroatoms. The minimum atomic E-state index is -0.276. The number of nitrogens with zero attached hydrogens (tertiary/aromatic N) is 1. The minimum Gasteiger partial charge on any atom is -0.506 e. The van der Waals surface area contributed by atoms with E-state index < -0.39 is 0 Å². The molecule has 0 saturated heterocycles. The van der Waals surface area contributed by atoms with Gasteiger partial charge >= 0.3 is 0 Å². The number of nitrogens with one attached hydrogen (secondary N) is 2. The number of likely N-dealkylation sites (N-methyl/N-ethyl adjacent to an activating group) is 1. The largest absolute Gasteiger partial charge is 0.506 e. The van der Waals surface area contributed by atoms with E-state index in [1.807, 2.05) is 0 Å². The molecule has 0 radical (unpaired) electrons. The lowest BCUT2D eigenvalue weighted by Crippen LogP contribution is -2.34. The van der Waals surface area contributed by atoms with E-state index in [1.54, 1.807) is 6.07 Å². The zero-order valence-corrected chi connectivity index (χ0v) is 12.8. The normalized spacial score (nSPS) is 10.5. The highest BCUT2D eigenvalue weighted by molar-refractivity contribution is 5.96. The smallest absolute Gasteiger partial charge is 0.251 e. The Morgan fingerprint density at radius 2 is 1.90 bits per heavy atom. The van der Waals surface area contributed by atoms with E-state index in [0.717, 1.165) is 19.6 Å². The highest BCUT2D eigenvalue weighted by atomic mass is 16.3. The van der Waals surface area contributed by atoms with Crippen LogP contribution in [0.15, 0.2) is 18.2 Å². The maximum Gasteiger partial charge on any atom is 0.251 e. The standard InChI is InChI=1S/C15H23N3O3/c1-4-18(5-2)9-8-16-15(21)12-6-7-13(14(20)10-12)17-11(3)19/h6-7,10,20H,4-5,8-9H2,1-3H3,(H,16,21)(H,17,19). The molecular formula is C15H23N3O3. The van der Waals surface area contributed by atoms with Crippen LogP contribution in [0.3, 0.4) is 0 Å². The molecule has 1 rings (SSSR count). The van der Waals surface area contributed by atoms with E-state index in [4.69, 9.17) is 0 Å². The van der Waals surface area contributed by atoms with Gasteiger partial charge < -0.3 is 20.6 Å². The molecule has 0 spiro atoms. The first-order valence-electron chi connectivity index (χ1n) is 7.09. The Labute approximate surface area is 125 Å². The molecule has 1 aromatic rings. The molecule has 0 aliphatic carbocycles. The second-order valence-corrected chi connectivity index (χ2v) is 4.70. The molecule has 1 aromatic carbocycles. The summed E-state index contributed by atoms with van der Waals surface area (Å²) in [4.78, 5) is 25.1. The van der Waals surface area contributed by atoms with Crippen molar-refractivity contribution in [1.29, 1.82) is 0 Å². The highest BCUT2D eigenvalue weighted by Gasteiger charge is 2.10. The Hall–Kier alpha value is -2.08. The van der Waals surface area contributed by atoms with Gasteiger partial charge in [-0.25, -0.2) is 0 Å². The van der Waals surface area contributed by atoms with Crippen LogP contribution in [-0.4, -0.2) is 48.0 Å². The summed E-state index contributed by atoms with van der Waals surface area (Å²) in [5, 5.41) is 15.1. The number of aromatic hydroxyl groups is 1. The number of rotatable bonds is 7. The summed E-state index contributed by atoms with van der Waals surface area (Å²) in [6, 6.07) is 4.42. The molecule has 0 atom stereocenters. The number of hydrogen-bond acceptors (Lipinski definition) is 4. The Kier molecular flexibility index (Phi) is 6.68. The molecule has 0 unspecified atom stereocenters. The molecule has 0 aromatic heterocycles. The summed E-state index contributed by atoms with van der Waals surface area (Å²) >= 11 is 0. The summed E-state index contributed by atoms with van der Waals surface area (Å²) in [5.74, 6) is -0.643. The number of phenolic OH excluding ortho intramolecular Hbond substituents is 1. The van der Waals surface area contributed by atoms with Gasteiger partial charge in [0.25, 0.3) is 5.91 Å². The summed E-state index contributed by atoms with van der Waals surface area (Å²) in [7, 11) is 0. The molecule has 2 amide bonds. The van der Waals surface area contributed by atoms with Crippen LogP contribution in [0.1, 0.15) is 31.1 Å². The molecule has 0 heterocycles. The highest BCUT2D eigenvalue weighted by Crippen LogP contribution is 2.24. The van der Waals surface area contributed by atoms with Crippen LogP contribution in [0.25, 0.3) is 0 Å². The van der Waals surface area contributed by atoms with Crippen molar-refractivity contribution in [2.24, 2.45) is 0 Å². The molecule has 0 fully saturated rings. The van der Waals surface area contributed by atoms with Crippen LogP contribution >= 0.6 is 0 Å². The van der Waals surface area contributed by atoms with Gasteiger partial charge in [-0.1, -0.05) is 13.8 Å². The second kappa shape index (κ2) is 8.26. The quantitative estimate of drug-likeness (QED) is 0.664. The lowest BCUT2D eigenvalue weighted by atomic mass is 10.1. The van der Waals surface area contributed by atoms with Crippen LogP contribution in [-0.2, 0) is 4.79 Å². The van der Waals surface area contributed by atoms with Gasteiger partial charge in [0.2, 0.25) is 5.91 Å². The van der Waals surface area contributed by atoms with E-state index in [-0.39, 0.29) is 17.6 Å². The van der Waals surface area contributed by atoms with Gasteiger partial charge in [0, 0.05) is 25.6 Å². The molecule has 6 nitrogen and oxygen atoms in total. The van der Waals surface area contributed by atoms with Gasteiger partial charge in [-0.3, -0.25) is 9.59 Å². The third-order valence-electron chi connectivity index (χ3n) is 3.18. The van der Waals surface area contributed by atoms with Crippen LogP contribution in [0, 0.1) is 0 Å². The fourth-order valence-corrected chi connectivity index (χ4v) is 1.94. The number of carbonyl (C=O) groups excluding carboxylic acids is 2. The Morgan fingerprint density at radius 1 is 1.24 bits per heavy atom. The monoisotopic (exact) mass is 293 g/mol. The lowest BCUT2D eigenvalue weighted by molar-refractivity contribution is -0.114. The van der Waals surface area contributed by atoms with Gasteiger partial charge in [0.05, 0.1) is 5.69 Å². The van der Waals surface area contributed by atoms with Gasteiger partial charge in [0.1, 0.15) is 5.75 Å². The van der Waals surface area contributed by atoms with E-state index in [1.165, 1.54) is 19.1 Å². The summed E-state index contributed by atoms with van der Waals surface area (Å²) < 4.78 is 0. The van der Waals surface area contributed by atoms with Crippen LogP contribution < -0.4 is 10.6 Å². The first kappa shape index (κ1) is 17.0. The van der Waals surface area contributed by atoms with Crippen molar-refractivity contribution in [2.75, 3.05) is 31.5 Å². The van der Waals surface area contributed by atoms with E-state index in [2.05, 4.69) is 29.4 Å². The third kappa shape index (κ3) is 5.43. The first-order valence-corrected chi connectivity index (χ1v) is 7.09. The van der Waals surface area contributed by atoms with Crippen molar-refractivity contribution in [3.63, 3.8) is 0 Å². The number of carbonyl (C=O) groups is 2. The molecule has 21 heavy (non-hydrogen) atoms. The molecule has 3 N–H and O–H groups in total. The Balaban J connectivity index is 2.58. The van der Waals surface area contributed by atoms with Gasteiger partial charge in [-0.05, 0) is 31.3 Å². The molecule has 0 aliphatic heterocycles. The summed E-state index contributed by atoms with van der Waals surface area (Å²) in [6.45, 7) is 8.72. The fourth-order valence-electron chi connectivity index (χ4n) is 1.94. The maximum absolute atomic E-state index is 12.0. The summed E-state index contributed by atoms with van der Waals surface area (Å²) in [5.41, 5.74) is 0.656. The van der Waals surface area contributed by atoms with Crippen LogP contribution in [0.4, 0.5) is 5.69 Å². The Morgan fingerprint density at radius 3 is 2.43 bits per heavy atom. The molecule has 0 bridgehead atoms. The van der Waals surface area contributed by atoms with Gasteiger partial charge in [-0.2, -0.15) is 0 Å². The number of amides is 2. The fraction of sp³-hybridized carbons (Fsp3) is 0.467. The van der Waals surface area contributed by atoms with Crippen molar-refractivity contribution < 1.29 is 14.7 Å². The molecule has 0 aliphatic rings. The number of hydrogen-bond donors (Lipinski definition) is 3. The lowest BCUT2D eigenvalue weighted by Gasteiger charge is -2.18. The van der Waals surface area contributed by atoms with E-state index >= 15 is 0 Å². The van der Waals surface area contributed by atoms with Crippen molar-refractivity contribution >= 4 is 17.5 Å². The topological polar surface area (TPSA) is 81.7 Å². The van der Waals surface area contributed by atoms with Crippen molar-refractivity contribution in [2.45, 2.75) is 20.8 Å². The predicted octanol–water partition coefficient (Wildman–Crippen LogP) is 1.42. The SMILES string of the molecule is CCN(CC)CCNC(=O)c1ccc(NC(C)=O)c(O)c1. The number of phenols is 1. The van der Waals surface area contributed by atoms with Crippen molar-refractivity contribution in [1.82, 2.24) is 10.2 Å². The van der Waals surface area contributed by atoms with Gasteiger partial charge in [0.15, 0.2) is 0 Å². The minimum absolute atomic E-state index is 0.124. The predicted molar refractivity (Wildman–Crippen MR) is 82.5 cm³/mol. The molecule has 116 valence electrons. The van der Waals surface area contributed by atoms with Gasteiger partial charge in [-0.15, -0.1) is 0 Å². The van der Waals surface area contributed by atoms with Crippen LogP contribution in [0.5, 0.6) is 5.75 Å². The Bertz CT molecular complexity index is 499. The number of anilines is 1. The average molecular weight is 293 g/mol. The maximum atomic E-state index is 12.0.